The van der Waals surface area contributed by atoms with Crippen LogP contribution in [0.4, 0.5) is 0 Å². The molecule has 2 heteroatoms. The summed E-state index contributed by atoms with van der Waals surface area (Å²) in [6.45, 7) is 4.60. The Bertz CT molecular complexity index is 599. The summed E-state index contributed by atoms with van der Waals surface area (Å²) in [5.74, 6) is 0.135. The third-order valence-electron chi connectivity index (χ3n) is 3.57. The van der Waals surface area contributed by atoms with Gasteiger partial charge in [0.15, 0.2) is 5.78 Å². The lowest BCUT2D eigenvalue weighted by atomic mass is 9.95. The van der Waals surface area contributed by atoms with Crippen LogP contribution in [0.25, 0.3) is 0 Å². The number of hydrogen-bond donors (Lipinski definition) is 0. The standard InChI is InChI=1S/C19H21NO/c1-3-17(14-20-13-16-7-5-4-6-8-16)19(21)18-11-9-15(2)10-12-18/h4-13,17H,3,14H2,1-2H3/b20-13+. The third-order valence-corrected chi connectivity index (χ3v) is 3.57. The van der Waals surface area contributed by atoms with E-state index < -0.39 is 0 Å². The van der Waals surface area contributed by atoms with Crippen molar-refractivity contribution < 1.29 is 4.79 Å². The van der Waals surface area contributed by atoms with Crippen LogP contribution in [0, 0.1) is 12.8 Å². The molecule has 0 saturated heterocycles. The van der Waals surface area contributed by atoms with Crippen LogP contribution in [0.15, 0.2) is 59.6 Å². The van der Waals surface area contributed by atoms with Crippen LogP contribution in [0.2, 0.25) is 0 Å². The Balaban J connectivity index is 2.01. The lowest BCUT2D eigenvalue weighted by Crippen LogP contribution is -2.17. The van der Waals surface area contributed by atoms with Crippen molar-refractivity contribution in [2.24, 2.45) is 10.9 Å². The maximum Gasteiger partial charge on any atom is 0.167 e. The number of ketones is 1. The van der Waals surface area contributed by atoms with E-state index in [1.54, 1.807) is 0 Å². The SMILES string of the molecule is CCC(C/N=C/c1ccccc1)C(=O)c1ccc(C)cc1. The van der Waals surface area contributed by atoms with Crippen LogP contribution < -0.4 is 0 Å². The summed E-state index contributed by atoms with van der Waals surface area (Å²) in [5.41, 5.74) is 3.01. The van der Waals surface area contributed by atoms with Crippen LogP contribution in [0.3, 0.4) is 0 Å². The summed E-state index contributed by atoms with van der Waals surface area (Å²) < 4.78 is 0. The highest BCUT2D eigenvalue weighted by molar-refractivity contribution is 5.98. The fraction of sp³-hybridized carbons (Fsp3) is 0.263. The Morgan fingerprint density at radius 2 is 1.76 bits per heavy atom. The molecule has 2 aromatic rings. The van der Waals surface area contributed by atoms with Crippen molar-refractivity contribution in [3.63, 3.8) is 0 Å². The maximum absolute atomic E-state index is 12.5. The van der Waals surface area contributed by atoms with Crippen LogP contribution in [0.1, 0.15) is 34.8 Å². The topological polar surface area (TPSA) is 29.4 Å². The average Bonchev–Trinajstić information content (AvgIpc) is 2.53. The monoisotopic (exact) mass is 279 g/mol. The molecule has 0 saturated carbocycles. The van der Waals surface area contributed by atoms with Crippen LogP contribution >= 0.6 is 0 Å². The van der Waals surface area contributed by atoms with Crippen LogP contribution in [0.5, 0.6) is 0 Å². The molecule has 2 rings (SSSR count). The molecule has 0 aliphatic rings. The summed E-state index contributed by atoms with van der Waals surface area (Å²) in [5, 5.41) is 0. The minimum atomic E-state index is -0.0485. The third kappa shape index (κ3) is 4.38. The molecule has 0 radical (unpaired) electrons. The number of aliphatic imine (C=N–C) groups is 1. The molecule has 2 aromatic carbocycles. The van der Waals surface area contributed by atoms with Gasteiger partial charge in [-0.05, 0) is 18.9 Å². The molecule has 0 spiro atoms. The molecule has 108 valence electrons. The van der Waals surface area contributed by atoms with Gasteiger partial charge in [-0.1, -0.05) is 67.1 Å². The zero-order valence-electron chi connectivity index (χ0n) is 12.6. The van der Waals surface area contributed by atoms with Gasteiger partial charge in [0.2, 0.25) is 0 Å². The van der Waals surface area contributed by atoms with Gasteiger partial charge in [-0.3, -0.25) is 9.79 Å². The molecule has 1 unspecified atom stereocenters. The van der Waals surface area contributed by atoms with Gasteiger partial charge >= 0.3 is 0 Å². The first-order chi connectivity index (χ1) is 10.2. The van der Waals surface area contributed by atoms with Gasteiger partial charge in [-0.15, -0.1) is 0 Å². The van der Waals surface area contributed by atoms with E-state index in [1.165, 1.54) is 5.56 Å². The highest BCUT2D eigenvalue weighted by Gasteiger charge is 2.17. The van der Waals surface area contributed by atoms with E-state index in [2.05, 4.69) is 4.99 Å². The van der Waals surface area contributed by atoms with Crippen LogP contribution in [-0.4, -0.2) is 18.5 Å². The Labute approximate surface area is 126 Å². The molecular weight excluding hydrogens is 258 g/mol. The normalized spacial score (nSPS) is 12.5. The summed E-state index contributed by atoms with van der Waals surface area (Å²) in [7, 11) is 0. The second-order valence-electron chi connectivity index (χ2n) is 5.24. The molecule has 0 aliphatic heterocycles. The molecule has 0 fully saturated rings. The van der Waals surface area contributed by atoms with E-state index in [1.807, 2.05) is 74.7 Å². The first-order valence-electron chi connectivity index (χ1n) is 7.36. The Hall–Kier alpha value is -2.22. The van der Waals surface area contributed by atoms with Gasteiger partial charge in [0.05, 0.1) is 0 Å². The number of hydrogen-bond acceptors (Lipinski definition) is 2. The number of rotatable bonds is 6. The van der Waals surface area contributed by atoms with Gasteiger partial charge in [0.25, 0.3) is 0 Å². The van der Waals surface area contributed by atoms with Crippen molar-refractivity contribution in [1.29, 1.82) is 0 Å². The van der Waals surface area contributed by atoms with Crippen molar-refractivity contribution >= 4 is 12.0 Å². The van der Waals surface area contributed by atoms with Crippen molar-refractivity contribution in [3.8, 4) is 0 Å². The smallest absolute Gasteiger partial charge is 0.167 e. The molecule has 0 aromatic heterocycles. The number of nitrogens with zero attached hydrogens (tertiary/aromatic N) is 1. The zero-order valence-corrected chi connectivity index (χ0v) is 12.6. The summed E-state index contributed by atoms with van der Waals surface area (Å²) in [6, 6.07) is 17.7. The molecule has 1 atom stereocenters. The predicted molar refractivity (Wildman–Crippen MR) is 88.2 cm³/mol. The van der Waals surface area contributed by atoms with Gasteiger partial charge in [-0.2, -0.15) is 0 Å². The molecule has 0 aliphatic carbocycles. The second-order valence-corrected chi connectivity index (χ2v) is 5.24. The van der Waals surface area contributed by atoms with Crippen molar-refractivity contribution in [2.75, 3.05) is 6.54 Å². The molecule has 0 heterocycles. The lowest BCUT2D eigenvalue weighted by molar-refractivity contribution is 0.0921. The number of Topliss-reactive ketones (excluding diaryl/α,β-unsaturated/α-hetero) is 1. The van der Waals surface area contributed by atoms with Gasteiger partial charge in [-0.25, -0.2) is 0 Å². The maximum atomic E-state index is 12.5. The highest BCUT2D eigenvalue weighted by atomic mass is 16.1. The Morgan fingerprint density at radius 3 is 2.38 bits per heavy atom. The van der Waals surface area contributed by atoms with Gasteiger partial charge in [0, 0.05) is 24.2 Å². The summed E-state index contributed by atoms with van der Waals surface area (Å²) in [4.78, 5) is 16.9. The first-order valence-corrected chi connectivity index (χ1v) is 7.36. The number of carbonyl (C=O) groups excluding carboxylic acids is 1. The summed E-state index contributed by atoms with van der Waals surface area (Å²) >= 11 is 0. The minimum Gasteiger partial charge on any atom is -0.294 e. The highest BCUT2D eigenvalue weighted by Crippen LogP contribution is 2.14. The predicted octanol–water partition coefficient (Wildman–Crippen LogP) is 4.32. The molecule has 0 N–H and O–H groups in total. The quantitative estimate of drug-likeness (QED) is 0.572. The largest absolute Gasteiger partial charge is 0.294 e. The molecule has 0 amide bonds. The van der Waals surface area contributed by atoms with Gasteiger partial charge < -0.3 is 0 Å². The summed E-state index contributed by atoms with van der Waals surface area (Å²) in [6.07, 6.45) is 2.64. The number of carbonyl (C=O) groups is 1. The van der Waals surface area contributed by atoms with Crippen molar-refractivity contribution in [3.05, 3.63) is 71.3 Å². The molecular formula is C19H21NO. The molecule has 21 heavy (non-hydrogen) atoms. The molecule has 2 nitrogen and oxygen atoms in total. The first kappa shape index (κ1) is 15.2. The Morgan fingerprint density at radius 1 is 1.10 bits per heavy atom. The van der Waals surface area contributed by atoms with E-state index in [0.29, 0.717) is 6.54 Å². The van der Waals surface area contributed by atoms with Gasteiger partial charge in [0.1, 0.15) is 0 Å². The van der Waals surface area contributed by atoms with E-state index in [-0.39, 0.29) is 11.7 Å². The second kappa shape index (κ2) is 7.53. The average molecular weight is 279 g/mol. The van der Waals surface area contributed by atoms with Crippen molar-refractivity contribution in [2.45, 2.75) is 20.3 Å². The van der Waals surface area contributed by atoms with E-state index in [0.717, 1.165) is 17.5 Å². The lowest BCUT2D eigenvalue weighted by Gasteiger charge is -2.11. The number of aryl methyl sites for hydroxylation is 1. The van der Waals surface area contributed by atoms with Crippen LogP contribution in [-0.2, 0) is 0 Å². The van der Waals surface area contributed by atoms with E-state index in [9.17, 15) is 4.79 Å². The fourth-order valence-corrected chi connectivity index (χ4v) is 2.18. The fourth-order valence-electron chi connectivity index (χ4n) is 2.18. The van der Waals surface area contributed by atoms with E-state index in [4.69, 9.17) is 0 Å². The Kier molecular flexibility index (Phi) is 5.44. The minimum absolute atomic E-state index is 0.0485. The van der Waals surface area contributed by atoms with E-state index >= 15 is 0 Å². The number of benzene rings is 2. The zero-order chi connectivity index (χ0) is 15.1. The molecule has 0 bridgehead atoms. The van der Waals surface area contributed by atoms with Crippen molar-refractivity contribution in [1.82, 2.24) is 0 Å².